The standard InChI is InChI=1S/C15H20N2O4/c1-11-9-13(17(19)20)3-4-14(11)16-7-5-12(6-8-16)10-15(18)21-2/h3-4,9,12H,5-8,10H2,1-2H3. The molecule has 1 aromatic rings. The number of piperidine rings is 1. The Bertz CT molecular complexity index is 536. The maximum Gasteiger partial charge on any atom is 0.305 e. The smallest absolute Gasteiger partial charge is 0.305 e. The first-order chi connectivity index (χ1) is 10.0. The molecule has 6 heteroatoms. The molecule has 0 bridgehead atoms. The van der Waals surface area contributed by atoms with Crippen LogP contribution in [0.15, 0.2) is 18.2 Å². The second-order valence-corrected chi connectivity index (χ2v) is 5.44. The summed E-state index contributed by atoms with van der Waals surface area (Å²) in [7, 11) is 1.41. The first-order valence-corrected chi connectivity index (χ1v) is 7.08. The number of non-ortho nitro benzene ring substituents is 1. The van der Waals surface area contributed by atoms with Crippen LogP contribution in [0.25, 0.3) is 0 Å². The number of nitro benzene ring substituents is 1. The predicted octanol–water partition coefficient (Wildman–Crippen LogP) is 2.68. The first-order valence-electron chi connectivity index (χ1n) is 7.08. The van der Waals surface area contributed by atoms with Gasteiger partial charge in [0.1, 0.15) is 0 Å². The molecule has 1 aromatic carbocycles. The Kier molecular flexibility index (Phi) is 4.77. The Morgan fingerprint density at radius 2 is 2.10 bits per heavy atom. The van der Waals surface area contributed by atoms with Crippen molar-refractivity contribution in [2.75, 3.05) is 25.1 Å². The molecule has 0 radical (unpaired) electrons. The minimum Gasteiger partial charge on any atom is -0.469 e. The van der Waals surface area contributed by atoms with Crippen LogP contribution in [0.1, 0.15) is 24.8 Å². The van der Waals surface area contributed by atoms with Crippen LogP contribution in [0.3, 0.4) is 0 Å². The minimum absolute atomic E-state index is 0.122. The highest BCUT2D eigenvalue weighted by Gasteiger charge is 2.23. The summed E-state index contributed by atoms with van der Waals surface area (Å²) < 4.78 is 4.70. The molecule has 114 valence electrons. The van der Waals surface area contributed by atoms with Gasteiger partial charge in [-0.3, -0.25) is 14.9 Å². The van der Waals surface area contributed by atoms with Gasteiger partial charge in [-0.2, -0.15) is 0 Å². The summed E-state index contributed by atoms with van der Waals surface area (Å²) in [5, 5.41) is 10.8. The lowest BCUT2D eigenvalue weighted by Gasteiger charge is -2.34. The third kappa shape index (κ3) is 3.71. The summed E-state index contributed by atoms with van der Waals surface area (Å²) in [4.78, 5) is 23.9. The molecule has 1 saturated heterocycles. The number of carbonyl (C=O) groups is 1. The van der Waals surface area contributed by atoms with E-state index in [9.17, 15) is 14.9 Å². The second-order valence-electron chi connectivity index (χ2n) is 5.44. The van der Waals surface area contributed by atoms with Crippen LogP contribution in [0.2, 0.25) is 0 Å². The fourth-order valence-corrected chi connectivity index (χ4v) is 2.81. The van der Waals surface area contributed by atoms with Crippen molar-refractivity contribution in [2.24, 2.45) is 5.92 Å². The maximum absolute atomic E-state index is 11.3. The van der Waals surface area contributed by atoms with Crippen LogP contribution < -0.4 is 4.90 Å². The summed E-state index contributed by atoms with van der Waals surface area (Å²) in [5.74, 6) is 0.215. The van der Waals surface area contributed by atoms with E-state index in [1.54, 1.807) is 12.1 Å². The number of anilines is 1. The van der Waals surface area contributed by atoms with Crippen LogP contribution in [0, 0.1) is 23.0 Å². The Morgan fingerprint density at radius 3 is 2.62 bits per heavy atom. The van der Waals surface area contributed by atoms with Crippen LogP contribution in [0.5, 0.6) is 0 Å². The molecule has 0 aliphatic carbocycles. The van der Waals surface area contributed by atoms with Gasteiger partial charge in [0, 0.05) is 37.3 Å². The van der Waals surface area contributed by atoms with Gasteiger partial charge in [0.2, 0.25) is 0 Å². The maximum atomic E-state index is 11.3. The van der Waals surface area contributed by atoms with E-state index in [-0.39, 0.29) is 16.6 Å². The van der Waals surface area contributed by atoms with Gasteiger partial charge in [-0.25, -0.2) is 0 Å². The van der Waals surface area contributed by atoms with Gasteiger partial charge < -0.3 is 9.64 Å². The normalized spacial score (nSPS) is 15.8. The van der Waals surface area contributed by atoms with E-state index in [2.05, 4.69) is 4.90 Å². The minimum atomic E-state index is -0.376. The Hall–Kier alpha value is -2.11. The SMILES string of the molecule is COC(=O)CC1CCN(c2ccc([N+](=O)[O-])cc2C)CC1. The van der Waals surface area contributed by atoms with Gasteiger partial charge in [0.25, 0.3) is 5.69 Å². The molecule has 1 heterocycles. The van der Waals surface area contributed by atoms with Gasteiger partial charge in [0.05, 0.1) is 12.0 Å². The van der Waals surface area contributed by atoms with Crippen molar-refractivity contribution in [2.45, 2.75) is 26.2 Å². The average Bonchev–Trinajstić information content (AvgIpc) is 2.48. The van der Waals surface area contributed by atoms with E-state index < -0.39 is 0 Å². The Balaban J connectivity index is 1.99. The molecular formula is C15H20N2O4. The van der Waals surface area contributed by atoms with Crippen molar-refractivity contribution in [3.63, 3.8) is 0 Å². The van der Waals surface area contributed by atoms with Gasteiger partial charge in [-0.1, -0.05) is 0 Å². The first kappa shape index (κ1) is 15.3. The van der Waals surface area contributed by atoms with Crippen LogP contribution in [0.4, 0.5) is 11.4 Å². The number of aryl methyl sites for hydroxylation is 1. The zero-order chi connectivity index (χ0) is 15.4. The van der Waals surface area contributed by atoms with Crippen molar-refractivity contribution in [1.29, 1.82) is 0 Å². The van der Waals surface area contributed by atoms with Crippen LogP contribution >= 0.6 is 0 Å². The van der Waals surface area contributed by atoms with E-state index in [1.807, 2.05) is 13.0 Å². The third-order valence-electron chi connectivity index (χ3n) is 4.03. The molecule has 0 aromatic heterocycles. The van der Waals surface area contributed by atoms with Crippen molar-refractivity contribution >= 4 is 17.3 Å². The number of rotatable bonds is 4. The number of benzene rings is 1. The molecule has 0 spiro atoms. The highest BCUT2D eigenvalue weighted by atomic mass is 16.6. The second kappa shape index (κ2) is 6.56. The average molecular weight is 292 g/mol. The van der Waals surface area contributed by atoms with Crippen molar-refractivity contribution in [1.82, 2.24) is 0 Å². The Labute approximate surface area is 123 Å². The molecule has 21 heavy (non-hydrogen) atoms. The lowest BCUT2D eigenvalue weighted by atomic mass is 9.93. The molecule has 0 amide bonds. The summed E-state index contributed by atoms with van der Waals surface area (Å²) in [6.45, 7) is 3.61. The zero-order valence-electron chi connectivity index (χ0n) is 12.4. The monoisotopic (exact) mass is 292 g/mol. The summed E-state index contributed by atoms with van der Waals surface area (Å²) >= 11 is 0. The molecule has 0 unspecified atom stereocenters. The third-order valence-corrected chi connectivity index (χ3v) is 4.03. The number of carbonyl (C=O) groups excluding carboxylic acids is 1. The fourth-order valence-electron chi connectivity index (χ4n) is 2.81. The number of nitro groups is 1. The molecule has 1 aliphatic rings. The van der Waals surface area contributed by atoms with Crippen LogP contribution in [-0.2, 0) is 9.53 Å². The molecule has 0 N–H and O–H groups in total. The molecular weight excluding hydrogens is 272 g/mol. The predicted molar refractivity (Wildman–Crippen MR) is 79.4 cm³/mol. The number of esters is 1. The number of methoxy groups -OCH3 is 1. The lowest BCUT2D eigenvalue weighted by molar-refractivity contribution is -0.384. The van der Waals surface area contributed by atoms with Crippen molar-refractivity contribution in [3.8, 4) is 0 Å². The van der Waals surface area contributed by atoms with Gasteiger partial charge in [0.15, 0.2) is 0 Å². The quantitative estimate of drug-likeness (QED) is 0.484. The fraction of sp³-hybridized carbons (Fsp3) is 0.533. The zero-order valence-corrected chi connectivity index (χ0v) is 12.4. The van der Waals surface area contributed by atoms with Gasteiger partial charge in [-0.05, 0) is 37.3 Å². The number of nitrogens with zero attached hydrogens (tertiary/aromatic N) is 2. The summed E-state index contributed by atoms with van der Waals surface area (Å²) in [6.07, 6.45) is 2.35. The van der Waals surface area contributed by atoms with Gasteiger partial charge in [-0.15, -0.1) is 0 Å². The molecule has 0 saturated carbocycles. The molecule has 1 aliphatic heterocycles. The molecule has 6 nitrogen and oxygen atoms in total. The van der Waals surface area contributed by atoms with E-state index in [4.69, 9.17) is 4.74 Å². The highest BCUT2D eigenvalue weighted by Crippen LogP contribution is 2.29. The molecule has 1 fully saturated rings. The Morgan fingerprint density at radius 1 is 1.43 bits per heavy atom. The van der Waals surface area contributed by atoms with E-state index >= 15 is 0 Å². The van der Waals surface area contributed by atoms with Crippen molar-refractivity contribution in [3.05, 3.63) is 33.9 Å². The summed E-state index contributed by atoms with van der Waals surface area (Å²) in [5.41, 5.74) is 2.07. The van der Waals surface area contributed by atoms with E-state index in [0.717, 1.165) is 37.2 Å². The number of hydrogen-bond acceptors (Lipinski definition) is 5. The number of hydrogen-bond donors (Lipinski definition) is 0. The van der Waals surface area contributed by atoms with Crippen LogP contribution in [-0.4, -0.2) is 31.1 Å². The van der Waals surface area contributed by atoms with E-state index in [1.165, 1.54) is 7.11 Å². The largest absolute Gasteiger partial charge is 0.469 e. The molecule has 0 atom stereocenters. The lowest BCUT2D eigenvalue weighted by Crippen LogP contribution is -2.34. The van der Waals surface area contributed by atoms with Gasteiger partial charge >= 0.3 is 5.97 Å². The topological polar surface area (TPSA) is 72.7 Å². The highest BCUT2D eigenvalue weighted by molar-refractivity contribution is 5.69. The molecule has 2 rings (SSSR count). The summed E-state index contributed by atoms with van der Waals surface area (Å²) in [6, 6.07) is 4.97. The number of ether oxygens (including phenoxy) is 1. The van der Waals surface area contributed by atoms with Crippen molar-refractivity contribution < 1.29 is 14.5 Å². The van der Waals surface area contributed by atoms with E-state index in [0.29, 0.717) is 12.3 Å².